The van der Waals surface area contributed by atoms with E-state index in [-0.39, 0.29) is 23.8 Å². The first kappa shape index (κ1) is 17.0. The first-order chi connectivity index (χ1) is 13.0. The highest BCUT2D eigenvalue weighted by molar-refractivity contribution is 5.76. The van der Waals surface area contributed by atoms with Gasteiger partial charge >= 0.3 is 6.43 Å². The number of aromatic nitrogens is 5. The van der Waals surface area contributed by atoms with Crippen LogP contribution in [0.15, 0.2) is 41.2 Å². The molecule has 0 aliphatic heterocycles. The molecule has 0 saturated carbocycles. The predicted molar refractivity (Wildman–Crippen MR) is 87.5 cm³/mol. The fourth-order valence-electron chi connectivity index (χ4n) is 2.49. The molecule has 7 nitrogen and oxygen atoms in total. The van der Waals surface area contributed by atoms with Crippen molar-refractivity contribution in [1.29, 1.82) is 0 Å². The maximum atomic E-state index is 14.3. The third kappa shape index (κ3) is 3.33. The maximum absolute atomic E-state index is 14.3. The van der Waals surface area contributed by atoms with E-state index >= 15 is 0 Å². The molecule has 0 aliphatic rings. The molecule has 0 spiro atoms. The van der Waals surface area contributed by atoms with Gasteiger partial charge in [0.05, 0.1) is 22.9 Å². The van der Waals surface area contributed by atoms with Crippen LogP contribution >= 0.6 is 0 Å². The van der Waals surface area contributed by atoms with Crippen molar-refractivity contribution in [1.82, 2.24) is 24.7 Å². The minimum absolute atomic E-state index is 0.0495. The zero-order chi connectivity index (χ0) is 19.0. The summed E-state index contributed by atoms with van der Waals surface area (Å²) in [4.78, 5) is 8.18. The van der Waals surface area contributed by atoms with Crippen molar-refractivity contribution in [3.63, 3.8) is 0 Å². The lowest BCUT2D eigenvalue weighted by atomic mass is 10.2. The minimum Gasteiger partial charge on any atom is -0.487 e. The van der Waals surface area contributed by atoms with Gasteiger partial charge in [0.25, 0.3) is 5.89 Å². The standard InChI is InChI=1S/C17H12F3N5O2/c1-25-8-22-12-5-10(2-3-14(12)25)26-7-13-11(18)4-9(6-21-13)16-23-24-17(27-16)15(19)20/h2-6,8,15H,7H2,1H3. The number of ether oxygens (including phenoxy) is 1. The lowest BCUT2D eigenvalue weighted by molar-refractivity contribution is 0.116. The van der Waals surface area contributed by atoms with Crippen LogP contribution in [-0.4, -0.2) is 24.7 Å². The summed E-state index contributed by atoms with van der Waals surface area (Å²) >= 11 is 0. The third-order valence-electron chi connectivity index (χ3n) is 3.86. The second kappa shape index (κ2) is 6.71. The van der Waals surface area contributed by atoms with E-state index in [9.17, 15) is 13.2 Å². The van der Waals surface area contributed by atoms with Gasteiger partial charge in [0, 0.05) is 19.3 Å². The highest BCUT2D eigenvalue weighted by Crippen LogP contribution is 2.24. The van der Waals surface area contributed by atoms with Gasteiger partial charge in [0.1, 0.15) is 23.9 Å². The van der Waals surface area contributed by atoms with Gasteiger partial charge in [-0.3, -0.25) is 4.98 Å². The minimum atomic E-state index is -2.90. The van der Waals surface area contributed by atoms with Crippen molar-refractivity contribution >= 4 is 11.0 Å². The normalized spacial score (nSPS) is 11.4. The van der Waals surface area contributed by atoms with E-state index in [1.54, 1.807) is 18.5 Å². The van der Waals surface area contributed by atoms with E-state index < -0.39 is 18.1 Å². The van der Waals surface area contributed by atoms with E-state index in [2.05, 4.69) is 20.2 Å². The molecule has 4 aromatic rings. The second-order valence-electron chi connectivity index (χ2n) is 5.69. The molecule has 0 N–H and O–H groups in total. The SMILES string of the molecule is Cn1cnc2cc(OCc3ncc(-c4nnc(C(F)F)o4)cc3F)ccc21. The Bertz CT molecular complexity index is 1110. The number of pyridine rings is 1. The molecule has 3 heterocycles. The quantitative estimate of drug-likeness (QED) is 0.530. The first-order valence-electron chi connectivity index (χ1n) is 7.81. The summed E-state index contributed by atoms with van der Waals surface area (Å²) < 4.78 is 51.5. The van der Waals surface area contributed by atoms with Gasteiger partial charge in [-0.15, -0.1) is 10.2 Å². The number of fused-ring (bicyclic) bond motifs is 1. The maximum Gasteiger partial charge on any atom is 0.314 e. The van der Waals surface area contributed by atoms with Gasteiger partial charge < -0.3 is 13.7 Å². The molecular weight excluding hydrogens is 363 g/mol. The smallest absolute Gasteiger partial charge is 0.314 e. The lowest BCUT2D eigenvalue weighted by Crippen LogP contribution is -2.02. The molecule has 0 aliphatic carbocycles. The van der Waals surface area contributed by atoms with Gasteiger partial charge in [-0.05, 0) is 18.2 Å². The molecule has 3 aromatic heterocycles. The van der Waals surface area contributed by atoms with Gasteiger partial charge in [-0.2, -0.15) is 8.78 Å². The van der Waals surface area contributed by atoms with E-state index in [1.165, 1.54) is 6.20 Å². The van der Waals surface area contributed by atoms with Crippen LogP contribution in [0.2, 0.25) is 0 Å². The molecule has 0 atom stereocenters. The van der Waals surface area contributed by atoms with Crippen molar-refractivity contribution in [3.8, 4) is 17.2 Å². The van der Waals surface area contributed by atoms with E-state index in [4.69, 9.17) is 9.15 Å². The predicted octanol–water partition coefficient (Wildman–Crippen LogP) is 3.67. The zero-order valence-corrected chi connectivity index (χ0v) is 13.9. The summed E-state index contributed by atoms with van der Waals surface area (Å²) in [7, 11) is 1.88. The van der Waals surface area contributed by atoms with Gasteiger partial charge in [0.15, 0.2) is 0 Å². The van der Waals surface area contributed by atoms with E-state index in [0.717, 1.165) is 17.1 Å². The topological polar surface area (TPSA) is 78.9 Å². The Morgan fingerprint density at radius 1 is 1.19 bits per heavy atom. The molecule has 0 fully saturated rings. The number of nitrogens with zero attached hydrogens (tertiary/aromatic N) is 5. The van der Waals surface area contributed by atoms with Crippen molar-refractivity contribution in [2.24, 2.45) is 7.05 Å². The monoisotopic (exact) mass is 375 g/mol. The number of hydrogen-bond donors (Lipinski definition) is 0. The zero-order valence-electron chi connectivity index (χ0n) is 13.9. The number of hydrogen-bond acceptors (Lipinski definition) is 6. The molecule has 10 heteroatoms. The summed E-state index contributed by atoms with van der Waals surface area (Å²) in [6.45, 7) is -0.115. The molecule has 0 unspecified atom stereocenters. The second-order valence-corrected chi connectivity index (χ2v) is 5.69. The lowest BCUT2D eigenvalue weighted by Gasteiger charge is -2.07. The fourth-order valence-corrected chi connectivity index (χ4v) is 2.49. The van der Waals surface area contributed by atoms with Crippen LogP contribution in [0.3, 0.4) is 0 Å². The van der Waals surface area contributed by atoms with Gasteiger partial charge in [0.2, 0.25) is 5.89 Å². The first-order valence-corrected chi connectivity index (χ1v) is 7.81. The van der Waals surface area contributed by atoms with Crippen LogP contribution < -0.4 is 4.74 Å². The molecule has 0 bridgehead atoms. The molecule has 0 radical (unpaired) electrons. The number of rotatable bonds is 5. The fraction of sp³-hybridized carbons (Fsp3) is 0.176. The molecule has 0 saturated heterocycles. The van der Waals surface area contributed by atoms with Crippen LogP contribution in [-0.2, 0) is 13.7 Å². The summed E-state index contributed by atoms with van der Waals surface area (Å²) in [5.74, 6) is -1.22. The highest BCUT2D eigenvalue weighted by atomic mass is 19.3. The average Bonchev–Trinajstić information content (AvgIpc) is 3.28. The van der Waals surface area contributed by atoms with Crippen LogP contribution in [0.25, 0.3) is 22.5 Å². The van der Waals surface area contributed by atoms with Crippen LogP contribution in [0.4, 0.5) is 13.2 Å². The molecule has 138 valence electrons. The van der Waals surface area contributed by atoms with Gasteiger partial charge in [-0.25, -0.2) is 9.37 Å². The van der Waals surface area contributed by atoms with Crippen LogP contribution in [0.5, 0.6) is 5.75 Å². The summed E-state index contributed by atoms with van der Waals surface area (Å²) in [6.07, 6.45) is 0.0471. The molecule has 1 aromatic carbocycles. The van der Waals surface area contributed by atoms with Crippen molar-refractivity contribution < 1.29 is 22.3 Å². The largest absolute Gasteiger partial charge is 0.487 e. The summed E-state index contributed by atoms with van der Waals surface area (Å²) in [6, 6.07) is 6.42. The van der Waals surface area contributed by atoms with E-state index in [1.807, 2.05) is 17.7 Å². The van der Waals surface area contributed by atoms with Gasteiger partial charge in [-0.1, -0.05) is 0 Å². The van der Waals surface area contributed by atoms with Crippen molar-refractivity contribution in [2.45, 2.75) is 13.0 Å². The molecule has 27 heavy (non-hydrogen) atoms. The Hall–Kier alpha value is -3.43. The number of benzene rings is 1. The summed E-state index contributed by atoms with van der Waals surface area (Å²) in [5.41, 5.74) is 1.85. The number of halogens is 3. The van der Waals surface area contributed by atoms with Crippen LogP contribution in [0, 0.1) is 5.82 Å². The Morgan fingerprint density at radius 2 is 2.04 bits per heavy atom. The van der Waals surface area contributed by atoms with Crippen molar-refractivity contribution in [3.05, 3.63) is 54.2 Å². The average molecular weight is 375 g/mol. The Morgan fingerprint density at radius 3 is 2.78 bits per heavy atom. The third-order valence-corrected chi connectivity index (χ3v) is 3.86. The van der Waals surface area contributed by atoms with Crippen molar-refractivity contribution in [2.75, 3.05) is 0 Å². The molecule has 4 rings (SSSR count). The van der Waals surface area contributed by atoms with E-state index in [0.29, 0.717) is 5.75 Å². The Labute approximate surface area is 150 Å². The molecule has 0 amide bonds. The molecular formula is C17H12F3N5O2. The number of imidazole rings is 1. The highest BCUT2D eigenvalue weighted by Gasteiger charge is 2.18. The Kier molecular flexibility index (Phi) is 4.22. The number of aryl methyl sites for hydroxylation is 1. The number of alkyl halides is 2. The van der Waals surface area contributed by atoms with Crippen LogP contribution in [0.1, 0.15) is 18.0 Å². The summed E-state index contributed by atoms with van der Waals surface area (Å²) in [5, 5.41) is 6.66. The Balaban J connectivity index is 1.50.